The maximum absolute atomic E-state index is 12.8. The van der Waals surface area contributed by atoms with E-state index in [9.17, 15) is 19.5 Å². The van der Waals surface area contributed by atoms with Crippen molar-refractivity contribution < 1.29 is 24.2 Å². The second-order valence-corrected chi connectivity index (χ2v) is 11.2. The number of rotatable bonds is 12. The molecule has 1 unspecified atom stereocenters. The minimum absolute atomic E-state index is 0.197. The molecule has 1 aromatic rings. The molecule has 0 heterocycles. The maximum atomic E-state index is 12.8. The average Bonchev–Trinajstić information content (AvgIpc) is 2.85. The van der Waals surface area contributed by atoms with Crippen molar-refractivity contribution in [1.82, 2.24) is 0 Å². The summed E-state index contributed by atoms with van der Waals surface area (Å²) in [5, 5.41) is 12.5. The number of hydrogen-bond acceptors (Lipinski definition) is 4. The Hall–Kier alpha value is -3.67. The second kappa shape index (κ2) is 15.2. The highest BCUT2D eigenvalue weighted by Gasteiger charge is 2.26. The molecule has 2 rings (SSSR count). The predicted octanol–water partition coefficient (Wildman–Crippen LogP) is 8.44. The number of hydrogen-bond donors (Lipinski definition) is 2. The van der Waals surface area contributed by atoms with E-state index in [1.807, 2.05) is 32.1 Å². The van der Waals surface area contributed by atoms with E-state index in [0.29, 0.717) is 24.1 Å². The Balaban J connectivity index is 2.15. The lowest BCUT2D eigenvalue weighted by atomic mass is 9.72. The van der Waals surface area contributed by atoms with E-state index in [-0.39, 0.29) is 29.5 Å². The first-order valence-corrected chi connectivity index (χ1v) is 14.2. The highest BCUT2D eigenvalue weighted by molar-refractivity contribution is 6.01. The van der Waals surface area contributed by atoms with Crippen molar-refractivity contribution in [2.75, 3.05) is 5.32 Å². The van der Waals surface area contributed by atoms with Crippen LogP contribution in [0, 0.1) is 5.41 Å². The fourth-order valence-corrected chi connectivity index (χ4v) is 4.98. The SMILES string of the molecule is CCCC(=O)Oc1ccc(NC(=O)/C=C(C)/C=C/C=C(C)/C=C/C2=C(C)CCCC2(C)C)c(C(CC)C(=O)O)c1. The van der Waals surface area contributed by atoms with E-state index < -0.39 is 11.9 Å². The maximum Gasteiger partial charge on any atom is 0.311 e. The van der Waals surface area contributed by atoms with Crippen molar-refractivity contribution >= 4 is 23.5 Å². The number of anilines is 1. The van der Waals surface area contributed by atoms with Gasteiger partial charge in [-0.1, -0.05) is 69.2 Å². The molecule has 1 aliphatic rings. The Morgan fingerprint density at radius 3 is 2.48 bits per heavy atom. The number of aliphatic carboxylic acids is 1. The van der Waals surface area contributed by atoms with Gasteiger partial charge in [0, 0.05) is 18.2 Å². The summed E-state index contributed by atoms with van der Waals surface area (Å²) in [6, 6.07) is 4.66. The number of benzene rings is 1. The molecule has 216 valence electrons. The molecule has 0 aliphatic heterocycles. The Morgan fingerprint density at radius 2 is 1.85 bits per heavy atom. The molecule has 0 fully saturated rings. The number of carboxylic acid groups (broad SMARTS) is 1. The quantitative estimate of drug-likeness (QED) is 0.119. The Morgan fingerprint density at radius 1 is 1.12 bits per heavy atom. The molecule has 0 saturated carbocycles. The molecule has 0 saturated heterocycles. The van der Waals surface area contributed by atoms with Crippen molar-refractivity contribution in [1.29, 1.82) is 0 Å². The average molecular weight is 548 g/mol. The Bertz CT molecular complexity index is 1240. The molecular formula is C34H45NO5. The molecule has 6 heteroatoms. The minimum atomic E-state index is -1.01. The smallest absolute Gasteiger partial charge is 0.311 e. The zero-order valence-electron chi connectivity index (χ0n) is 25.1. The minimum Gasteiger partial charge on any atom is -0.481 e. The molecule has 2 N–H and O–H groups in total. The van der Waals surface area contributed by atoms with Crippen LogP contribution in [-0.2, 0) is 14.4 Å². The zero-order chi connectivity index (χ0) is 29.9. The topological polar surface area (TPSA) is 92.7 Å². The van der Waals surface area contributed by atoms with Crippen LogP contribution >= 0.6 is 0 Å². The number of ether oxygens (including phenoxy) is 1. The summed E-state index contributed by atoms with van der Waals surface area (Å²) in [5.41, 5.74) is 5.70. The first-order valence-electron chi connectivity index (χ1n) is 14.2. The van der Waals surface area contributed by atoms with E-state index >= 15 is 0 Å². The number of esters is 1. The lowest BCUT2D eigenvalue weighted by molar-refractivity contribution is -0.139. The summed E-state index contributed by atoms with van der Waals surface area (Å²) in [5.74, 6) is -2.37. The molecule has 0 bridgehead atoms. The molecule has 0 radical (unpaired) electrons. The highest BCUT2D eigenvalue weighted by atomic mass is 16.5. The largest absolute Gasteiger partial charge is 0.481 e. The van der Waals surface area contributed by atoms with Crippen LogP contribution in [0.4, 0.5) is 5.69 Å². The van der Waals surface area contributed by atoms with Crippen molar-refractivity contribution in [3.05, 3.63) is 82.5 Å². The summed E-state index contributed by atoms with van der Waals surface area (Å²) in [6.07, 6.45) is 16.4. The Kier molecular flexibility index (Phi) is 12.4. The van der Waals surface area contributed by atoms with Gasteiger partial charge in [0.25, 0.3) is 0 Å². The third-order valence-corrected chi connectivity index (χ3v) is 7.18. The molecule has 1 aromatic carbocycles. The second-order valence-electron chi connectivity index (χ2n) is 11.2. The summed E-state index contributed by atoms with van der Waals surface area (Å²) < 4.78 is 5.35. The fraction of sp³-hybridized carbons (Fsp3) is 0.441. The van der Waals surface area contributed by atoms with Gasteiger partial charge >= 0.3 is 11.9 Å². The molecular weight excluding hydrogens is 502 g/mol. The molecule has 1 atom stereocenters. The molecule has 1 amide bonds. The molecule has 40 heavy (non-hydrogen) atoms. The lowest BCUT2D eigenvalue weighted by Gasteiger charge is -2.32. The van der Waals surface area contributed by atoms with Crippen molar-refractivity contribution in [2.45, 2.75) is 92.9 Å². The summed E-state index contributed by atoms with van der Waals surface area (Å²) in [4.78, 5) is 36.6. The number of carbonyl (C=O) groups excluding carboxylic acids is 2. The van der Waals surface area contributed by atoms with Gasteiger partial charge in [0.05, 0.1) is 5.92 Å². The van der Waals surface area contributed by atoms with Crippen LogP contribution in [0.1, 0.15) is 98.5 Å². The van der Waals surface area contributed by atoms with E-state index in [1.54, 1.807) is 19.1 Å². The lowest BCUT2D eigenvalue weighted by Crippen LogP contribution is -2.19. The van der Waals surface area contributed by atoms with Crippen molar-refractivity contribution in [3.8, 4) is 5.75 Å². The van der Waals surface area contributed by atoms with E-state index in [1.165, 1.54) is 36.1 Å². The van der Waals surface area contributed by atoms with Gasteiger partial charge in [-0.05, 0) is 93.2 Å². The molecule has 6 nitrogen and oxygen atoms in total. The Labute approximate surface area is 239 Å². The first kappa shape index (κ1) is 32.5. The van der Waals surface area contributed by atoms with Gasteiger partial charge in [0.15, 0.2) is 0 Å². The standard InChI is InChI=1S/C34H45NO5/c1-8-12-32(37)40-26-17-19-30(28(22-26)27(9-2)33(38)39)35-31(36)21-24(4)14-10-13-23(3)16-18-29-25(5)15-11-20-34(29,6)7/h10,13-14,16-19,21-22,27H,8-9,11-12,15,20H2,1-7H3,(H,35,36)(H,38,39)/b14-10+,18-16+,23-13+,24-21+. The number of carbonyl (C=O) groups is 3. The van der Waals surface area contributed by atoms with Gasteiger partial charge < -0.3 is 15.2 Å². The van der Waals surface area contributed by atoms with Gasteiger partial charge in [0.1, 0.15) is 5.75 Å². The van der Waals surface area contributed by atoms with Crippen molar-refractivity contribution in [3.63, 3.8) is 0 Å². The van der Waals surface area contributed by atoms with Crippen LogP contribution in [0.2, 0.25) is 0 Å². The van der Waals surface area contributed by atoms with E-state index in [4.69, 9.17) is 4.74 Å². The number of nitrogens with one attached hydrogen (secondary N) is 1. The fourth-order valence-electron chi connectivity index (χ4n) is 4.98. The monoisotopic (exact) mass is 547 g/mol. The van der Waals surface area contributed by atoms with Crippen LogP contribution < -0.4 is 10.1 Å². The summed E-state index contributed by atoms with van der Waals surface area (Å²) >= 11 is 0. The first-order chi connectivity index (χ1) is 18.9. The van der Waals surface area contributed by atoms with E-state index in [0.717, 1.165) is 17.6 Å². The summed E-state index contributed by atoms with van der Waals surface area (Å²) in [6.45, 7) is 14.3. The van der Waals surface area contributed by atoms with Crippen LogP contribution in [0.5, 0.6) is 5.75 Å². The number of allylic oxidation sites excluding steroid dienone is 9. The van der Waals surface area contributed by atoms with E-state index in [2.05, 4.69) is 45.2 Å². The van der Waals surface area contributed by atoms with Crippen molar-refractivity contribution in [2.24, 2.45) is 5.41 Å². The normalized spacial score (nSPS) is 16.9. The van der Waals surface area contributed by atoms with Gasteiger partial charge in [-0.25, -0.2) is 0 Å². The zero-order valence-corrected chi connectivity index (χ0v) is 25.1. The molecule has 1 aliphatic carbocycles. The van der Waals surface area contributed by atoms with Gasteiger partial charge in [0.2, 0.25) is 5.91 Å². The number of carboxylic acids is 1. The van der Waals surface area contributed by atoms with Crippen LogP contribution in [0.3, 0.4) is 0 Å². The van der Waals surface area contributed by atoms with Crippen LogP contribution in [0.25, 0.3) is 0 Å². The van der Waals surface area contributed by atoms with Gasteiger partial charge in [-0.15, -0.1) is 0 Å². The molecule has 0 aromatic heterocycles. The van der Waals surface area contributed by atoms with Gasteiger partial charge in [-0.3, -0.25) is 14.4 Å². The number of amides is 1. The third-order valence-electron chi connectivity index (χ3n) is 7.18. The highest BCUT2D eigenvalue weighted by Crippen LogP contribution is 2.40. The van der Waals surface area contributed by atoms with Gasteiger partial charge in [-0.2, -0.15) is 0 Å². The van der Waals surface area contributed by atoms with Crippen LogP contribution in [-0.4, -0.2) is 23.0 Å². The summed E-state index contributed by atoms with van der Waals surface area (Å²) in [7, 11) is 0. The van der Waals surface area contributed by atoms with Crippen LogP contribution in [0.15, 0.2) is 76.9 Å². The third kappa shape index (κ3) is 9.82. The molecule has 0 spiro atoms. The predicted molar refractivity (Wildman–Crippen MR) is 162 cm³/mol.